The Kier molecular flexibility index (Phi) is 6.65. The molecule has 3 aliphatic rings. The van der Waals surface area contributed by atoms with Crippen molar-refractivity contribution in [2.24, 2.45) is 0 Å². The highest BCUT2D eigenvalue weighted by Crippen LogP contribution is 2.50. The zero-order valence-electron chi connectivity index (χ0n) is 19.5. The highest BCUT2D eigenvalue weighted by atomic mass is 35.5. The van der Waals surface area contributed by atoms with Gasteiger partial charge in [-0.25, -0.2) is 4.39 Å². The van der Waals surface area contributed by atoms with E-state index in [9.17, 15) is 14.0 Å². The van der Waals surface area contributed by atoms with E-state index in [-0.39, 0.29) is 24.0 Å². The molecule has 2 aliphatic carbocycles. The molecule has 0 saturated carbocycles. The first-order valence-electron chi connectivity index (χ1n) is 12.0. The third-order valence-electron chi connectivity index (χ3n) is 6.60. The zero-order chi connectivity index (χ0) is 24.5. The molecule has 0 bridgehead atoms. The lowest BCUT2D eigenvalue weighted by atomic mass is 9.73. The monoisotopic (exact) mass is 496 g/mol. The number of hydrogen-bond donors (Lipinski definition) is 0. The van der Waals surface area contributed by atoms with Crippen molar-refractivity contribution in [2.75, 3.05) is 6.61 Å². The lowest BCUT2D eigenvalue weighted by molar-refractivity contribution is -0.117. The highest BCUT2D eigenvalue weighted by molar-refractivity contribution is 6.32. The van der Waals surface area contributed by atoms with Gasteiger partial charge in [0.15, 0.2) is 23.1 Å². The molecule has 5 nitrogen and oxygen atoms in total. The smallest absolute Gasteiger partial charge is 0.180 e. The standard InChI is InChI=1S/C28H26ClFO5/c1-2-33-24-14-17(13-19(29)28(24)34-15-16-9-11-18(30)12-10-16)25-26-20(31)5-3-7-22(26)35-23-8-4-6-21(32)27(23)25/h9-14,25H,2-8,15H2,1H3. The first-order chi connectivity index (χ1) is 17.0. The molecule has 0 atom stereocenters. The summed E-state index contributed by atoms with van der Waals surface area (Å²) in [6.07, 6.45) is 3.69. The number of carbonyl (C=O) groups is 2. The minimum Gasteiger partial charge on any atom is -0.490 e. The summed E-state index contributed by atoms with van der Waals surface area (Å²) in [7, 11) is 0. The summed E-state index contributed by atoms with van der Waals surface area (Å²) in [5.74, 6) is 1.30. The molecule has 0 radical (unpaired) electrons. The van der Waals surface area contributed by atoms with Gasteiger partial charge in [0, 0.05) is 42.7 Å². The van der Waals surface area contributed by atoms with Gasteiger partial charge in [-0.15, -0.1) is 0 Å². The van der Waals surface area contributed by atoms with Crippen molar-refractivity contribution >= 4 is 23.2 Å². The molecule has 35 heavy (non-hydrogen) atoms. The van der Waals surface area contributed by atoms with Crippen molar-refractivity contribution in [1.29, 1.82) is 0 Å². The number of Topliss-reactive ketones (excluding diaryl/α,β-unsaturated/α-hetero) is 2. The Morgan fingerprint density at radius 1 is 0.943 bits per heavy atom. The molecular weight excluding hydrogens is 471 g/mol. The van der Waals surface area contributed by atoms with Gasteiger partial charge in [0.2, 0.25) is 0 Å². The Hall–Kier alpha value is -3.12. The molecule has 2 aromatic rings. The van der Waals surface area contributed by atoms with Gasteiger partial charge in [-0.05, 0) is 55.2 Å². The van der Waals surface area contributed by atoms with Gasteiger partial charge in [0.25, 0.3) is 0 Å². The molecule has 0 unspecified atom stereocenters. The van der Waals surface area contributed by atoms with Crippen LogP contribution in [0.2, 0.25) is 5.02 Å². The molecule has 0 saturated heterocycles. The number of benzene rings is 2. The van der Waals surface area contributed by atoms with Crippen LogP contribution in [-0.2, 0) is 20.9 Å². The molecule has 2 aromatic carbocycles. The molecule has 1 aliphatic heterocycles. The van der Waals surface area contributed by atoms with Crippen LogP contribution in [0.25, 0.3) is 0 Å². The average molecular weight is 497 g/mol. The van der Waals surface area contributed by atoms with E-state index in [0.29, 0.717) is 77.0 Å². The molecular formula is C28H26ClFO5. The molecule has 0 N–H and O–H groups in total. The Bertz CT molecular complexity index is 1200. The Morgan fingerprint density at radius 2 is 1.57 bits per heavy atom. The lowest BCUT2D eigenvalue weighted by Gasteiger charge is -2.36. The predicted octanol–water partition coefficient (Wildman–Crippen LogP) is 6.58. The maximum atomic E-state index is 13.2. The molecule has 0 fully saturated rings. The number of ketones is 2. The van der Waals surface area contributed by atoms with Crippen LogP contribution < -0.4 is 9.47 Å². The van der Waals surface area contributed by atoms with E-state index in [0.717, 1.165) is 18.4 Å². The topological polar surface area (TPSA) is 61.8 Å². The van der Waals surface area contributed by atoms with E-state index in [2.05, 4.69) is 0 Å². The van der Waals surface area contributed by atoms with E-state index < -0.39 is 5.92 Å². The summed E-state index contributed by atoms with van der Waals surface area (Å²) in [5, 5.41) is 0.315. The van der Waals surface area contributed by atoms with Gasteiger partial charge >= 0.3 is 0 Å². The summed E-state index contributed by atoms with van der Waals surface area (Å²) in [4.78, 5) is 26.1. The third kappa shape index (κ3) is 4.59. The fourth-order valence-corrected chi connectivity index (χ4v) is 5.32. The van der Waals surface area contributed by atoms with E-state index in [1.54, 1.807) is 18.2 Å². The second-order valence-electron chi connectivity index (χ2n) is 8.94. The maximum absolute atomic E-state index is 13.2. The molecule has 0 amide bonds. The minimum absolute atomic E-state index is 0.00638. The lowest BCUT2D eigenvalue weighted by Crippen LogP contribution is -2.30. The second-order valence-corrected chi connectivity index (χ2v) is 9.35. The fourth-order valence-electron chi connectivity index (χ4n) is 5.04. The van der Waals surface area contributed by atoms with Gasteiger partial charge < -0.3 is 14.2 Å². The van der Waals surface area contributed by atoms with E-state index in [1.165, 1.54) is 12.1 Å². The van der Waals surface area contributed by atoms with Crippen LogP contribution in [0.4, 0.5) is 4.39 Å². The number of ether oxygens (including phenoxy) is 3. The molecule has 7 heteroatoms. The summed E-state index contributed by atoms with van der Waals surface area (Å²) >= 11 is 6.71. The average Bonchev–Trinajstić information content (AvgIpc) is 2.84. The zero-order valence-corrected chi connectivity index (χ0v) is 20.3. The number of hydrogen-bond acceptors (Lipinski definition) is 5. The SMILES string of the molecule is CCOc1cc(C2C3=C(CCCC3=O)OC3=C2C(=O)CCC3)cc(Cl)c1OCc1ccc(F)cc1. The maximum Gasteiger partial charge on any atom is 0.180 e. The Labute approximate surface area is 208 Å². The van der Waals surface area contributed by atoms with Gasteiger partial charge in [-0.3, -0.25) is 9.59 Å². The molecule has 1 heterocycles. The van der Waals surface area contributed by atoms with Crippen LogP contribution in [0.3, 0.4) is 0 Å². The van der Waals surface area contributed by atoms with Crippen LogP contribution >= 0.6 is 11.6 Å². The van der Waals surface area contributed by atoms with E-state index in [1.807, 2.05) is 13.0 Å². The largest absolute Gasteiger partial charge is 0.490 e. The number of rotatable bonds is 6. The van der Waals surface area contributed by atoms with Crippen LogP contribution in [0, 0.1) is 5.82 Å². The van der Waals surface area contributed by atoms with Crippen molar-refractivity contribution in [2.45, 2.75) is 58.0 Å². The molecule has 182 valence electrons. The molecule has 0 spiro atoms. The van der Waals surface area contributed by atoms with Crippen molar-refractivity contribution in [1.82, 2.24) is 0 Å². The number of allylic oxidation sites excluding steroid dienone is 4. The normalized spacial score (nSPS) is 18.3. The van der Waals surface area contributed by atoms with Crippen molar-refractivity contribution in [3.05, 3.63) is 81.0 Å². The van der Waals surface area contributed by atoms with Gasteiger partial charge in [-0.1, -0.05) is 23.7 Å². The van der Waals surface area contributed by atoms with Crippen LogP contribution in [0.15, 0.2) is 59.1 Å². The van der Waals surface area contributed by atoms with Crippen molar-refractivity contribution in [3.8, 4) is 11.5 Å². The van der Waals surface area contributed by atoms with Crippen LogP contribution in [0.5, 0.6) is 11.5 Å². The van der Waals surface area contributed by atoms with Crippen molar-refractivity contribution in [3.63, 3.8) is 0 Å². The summed E-state index contributed by atoms with van der Waals surface area (Å²) in [5.41, 5.74) is 2.61. The third-order valence-corrected chi connectivity index (χ3v) is 6.88. The second kappa shape index (κ2) is 9.86. The fraction of sp³-hybridized carbons (Fsp3) is 0.357. The van der Waals surface area contributed by atoms with Crippen molar-refractivity contribution < 1.29 is 28.2 Å². The highest BCUT2D eigenvalue weighted by Gasteiger charge is 2.42. The van der Waals surface area contributed by atoms with Gasteiger partial charge in [0.1, 0.15) is 23.9 Å². The molecule has 0 aromatic heterocycles. The Morgan fingerprint density at radius 3 is 2.17 bits per heavy atom. The number of halogens is 2. The van der Waals surface area contributed by atoms with Crippen LogP contribution in [-0.4, -0.2) is 18.2 Å². The molecule has 5 rings (SSSR count). The Balaban J connectivity index is 1.56. The predicted molar refractivity (Wildman–Crippen MR) is 129 cm³/mol. The summed E-state index contributed by atoms with van der Waals surface area (Å²) in [6, 6.07) is 9.59. The first-order valence-corrected chi connectivity index (χ1v) is 12.4. The van der Waals surface area contributed by atoms with Crippen LogP contribution in [0.1, 0.15) is 62.5 Å². The van der Waals surface area contributed by atoms with E-state index >= 15 is 0 Å². The summed E-state index contributed by atoms with van der Waals surface area (Å²) in [6.45, 7) is 2.41. The first kappa shape index (κ1) is 23.6. The quantitative estimate of drug-likeness (QED) is 0.451. The van der Waals surface area contributed by atoms with E-state index in [4.69, 9.17) is 25.8 Å². The number of carbonyl (C=O) groups excluding carboxylic acids is 2. The summed E-state index contributed by atoms with van der Waals surface area (Å²) < 4.78 is 31.2. The van der Waals surface area contributed by atoms with Gasteiger partial charge in [0.05, 0.1) is 11.6 Å². The minimum atomic E-state index is -0.530. The van der Waals surface area contributed by atoms with Gasteiger partial charge in [-0.2, -0.15) is 0 Å².